The van der Waals surface area contributed by atoms with Gasteiger partial charge in [0.2, 0.25) is 0 Å². The van der Waals surface area contributed by atoms with E-state index in [0.717, 1.165) is 22.4 Å². The smallest absolute Gasteiger partial charge is 0.259 e. The zero-order valence-electron chi connectivity index (χ0n) is 9.68. The predicted octanol–water partition coefficient (Wildman–Crippen LogP) is 3.16. The maximum Gasteiger partial charge on any atom is 0.259 e. The van der Waals surface area contributed by atoms with Crippen molar-refractivity contribution in [1.82, 2.24) is 0 Å². The molecular formula is C15H13NO. The molecule has 2 aromatic rings. The number of hydrogen-bond acceptors (Lipinski definition) is 1. The highest BCUT2D eigenvalue weighted by Gasteiger charge is 2.29. The average molecular weight is 223 g/mol. The number of carbonyl (C=O) groups is 1. The van der Waals surface area contributed by atoms with Crippen LogP contribution in [0.15, 0.2) is 48.5 Å². The van der Waals surface area contributed by atoms with Crippen molar-refractivity contribution in [1.29, 1.82) is 0 Å². The van der Waals surface area contributed by atoms with Gasteiger partial charge in [0.15, 0.2) is 0 Å². The number of anilines is 1. The van der Waals surface area contributed by atoms with Crippen molar-refractivity contribution in [2.24, 2.45) is 0 Å². The quantitative estimate of drug-likeness (QED) is 0.727. The lowest BCUT2D eigenvalue weighted by Gasteiger charge is -2.15. The number of para-hydroxylation sites is 1. The summed E-state index contributed by atoms with van der Waals surface area (Å²) >= 11 is 0. The van der Waals surface area contributed by atoms with Crippen molar-refractivity contribution in [2.45, 2.75) is 13.5 Å². The molecule has 0 saturated heterocycles. The predicted molar refractivity (Wildman–Crippen MR) is 68.1 cm³/mol. The molecule has 2 heteroatoms. The number of aryl methyl sites for hydroxylation is 1. The summed E-state index contributed by atoms with van der Waals surface area (Å²) in [4.78, 5) is 14.2. The molecule has 0 spiro atoms. The van der Waals surface area contributed by atoms with Crippen LogP contribution in [0.3, 0.4) is 0 Å². The molecule has 0 unspecified atom stereocenters. The molecule has 0 N–H and O–H groups in total. The summed E-state index contributed by atoms with van der Waals surface area (Å²) in [6.45, 7) is 2.67. The molecule has 0 aliphatic carbocycles. The molecule has 0 radical (unpaired) electrons. The van der Waals surface area contributed by atoms with Crippen LogP contribution in [-0.2, 0) is 6.54 Å². The van der Waals surface area contributed by atoms with Gasteiger partial charge < -0.3 is 4.90 Å². The fourth-order valence-corrected chi connectivity index (χ4v) is 2.36. The number of amides is 1. The first-order valence-corrected chi connectivity index (χ1v) is 5.73. The lowest BCUT2D eigenvalue weighted by atomic mass is 10.0. The van der Waals surface area contributed by atoms with E-state index in [1.165, 1.54) is 0 Å². The molecule has 0 bridgehead atoms. The van der Waals surface area contributed by atoms with Gasteiger partial charge in [-0.25, -0.2) is 0 Å². The second-order valence-corrected chi connectivity index (χ2v) is 4.34. The van der Waals surface area contributed by atoms with Gasteiger partial charge in [-0.1, -0.05) is 36.4 Å². The van der Waals surface area contributed by atoms with Gasteiger partial charge in [-0.05, 0) is 30.2 Å². The summed E-state index contributed by atoms with van der Waals surface area (Å²) in [5.41, 5.74) is 4.02. The van der Waals surface area contributed by atoms with Gasteiger partial charge >= 0.3 is 0 Å². The highest BCUT2D eigenvalue weighted by atomic mass is 16.2. The zero-order chi connectivity index (χ0) is 11.8. The second-order valence-electron chi connectivity index (χ2n) is 4.34. The molecule has 0 aromatic heterocycles. The molecule has 1 amide bonds. The van der Waals surface area contributed by atoms with Crippen LogP contribution in [0.2, 0.25) is 0 Å². The number of rotatable bonds is 1. The summed E-state index contributed by atoms with van der Waals surface area (Å²) in [6.07, 6.45) is 0. The molecule has 1 aliphatic rings. The Hall–Kier alpha value is -2.09. The van der Waals surface area contributed by atoms with Gasteiger partial charge in [0, 0.05) is 11.3 Å². The third-order valence-electron chi connectivity index (χ3n) is 3.21. The summed E-state index contributed by atoms with van der Waals surface area (Å²) in [6, 6.07) is 15.8. The van der Waals surface area contributed by atoms with Crippen LogP contribution in [0.5, 0.6) is 0 Å². The molecule has 2 nitrogen and oxygen atoms in total. The lowest BCUT2D eigenvalue weighted by Crippen LogP contribution is -2.23. The first kappa shape index (κ1) is 10.1. The van der Waals surface area contributed by atoms with Gasteiger partial charge in [-0.2, -0.15) is 0 Å². The first-order chi connectivity index (χ1) is 8.27. The van der Waals surface area contributed by atoms with E-state index < -0.39 is 0 Å². The van der Waals surface area contributed by atoms with Crippen molar-refractivity contribution < 1.29 is 4.79 Å². The highest BCUT2D eigenvalue weighted by Crippen LogP contribution is 2.29. The maximum atomic E-state index is 12.3. The summed E-state index contributed by atoms with van der Waals surface area (Å²) in [5, 5.41) is 0. The Morgan fingerprint density at radius 3 is 2.47 bits per heavy atom. The van der Waals surface area contributed by atoms with E-state index in [1.807, 2.05) is 60.4 Å². The average Bonchev–Trinajstić information content (AvgIpc) is 2.69. The van der Waals surface area contributed by atoms with E-state index in [-0.39, 0.29) is 5.91 Å². The van der Waals surface area contributed by atoms with Crippen LogP contribution in [-0.4, -0.2) is 5.91 Å². The van der Waals surface area contributed by atoms with Crippen LogP contribution >= 0.6 is 0 Å². The maximum absolute atomic E-state index is 12.3. The topological polar surface area (TPSA) is 20.3 Å². The Morgan fingerprint density at radius 1 is 1.00 bits per heavy atom. The Labute approximate surface area is 100 Å². The SMILES string of the molecule is Cc1cccc2c1C(=O)N(c1ccccc1)C2. The lowest BCUT2D eigenvalue weighted by molar-refractivity contribution is 0.0996. The van der Waals surface area contributed by atoms with E-state index in [2.05, 4.69) is 0 Å². The zero-order valence-corrected chi connectivity index (χ0v) is 9.68. The van der Waals surface area contributed by atoms with Crippen molar-refractivity contribution in [2.75, 3.05) is 4.90 Å². The van der Waals surface area contributed by atoms with Crippen molar-refractivity contribution >= 4 is 11.6 Å². The van der Waals surface area contributed by atoms with E-state index in [4.69, 9.17) is 0 Å². The van der Waals surface area contributed by atoms with Gasteiger partial charge in [0.1, 0.15) is 0 Å². The summed E-state index contributed by atoms with van der Waals surface area (Å²) in [7, 11) is 0. The van der Waals surface area contributed by atoms with Crippen molar-refractivity contribution in [3.8, 4) is 0 Å². The normalized spacial score (nSPS) is 13.9. The molecule has 1 aliphatic heterocycles. The standard InChI is InChI=1S/C15H13NO/c1-11-6-5-7-12-10-16(15(17)14(11)12)13-8-3-2-4-9-13/h2-9H,10H2,1H3. The fraction of sp³-hybridized carbons (Fsp3) is 0.133. The van der Waals surface area contributed by atoms with Crippen molar-refractivity contribution in [3.63, 3.8) is 0 Å². The number of fused-ring (bicyclic) bond motifs is 1. The molecule has 84 valence electrons. The third-order valence-corrected chi connectivity index (χ3v) is 3.21. The monoisotopic (exact) mass is 223 g/mol. The molecule has 0 saturated carbocycles. The molecular weight excluding hydrogens is 210 g/mol. The van der Waals surface area contributed by atoms with E-state index in [1.54, 1.807) is 0 Å². The van der Waals surface area contributed by atoms with Gasteiger partial charge in [-0.3, -0.25) is 4.79 Å². The van der Waals surface area contributed by atoms with Crippen LogP contribution in [0.1, 0.15) is 21.5 Å². The summed E-state index contributed by atoms with van der Waals surface area (Å²) in [5.74, 6) is 0.115. The van der Waals surface area contributed by atoms with Crippen molar-refractivity contribution in [3.05, 3.63) is 65.2 Å². The van der Waals surface area contributed by atoms with E-state index in [0.29, 0.717) is 6.54 Å². The van der Waals surface area contributed by atoms with Gasteiger partial charge in [0.25, 0.3) is 5.91 Å². The fourth-order valence-electron chi connectivity index (χ4n) is 2.36. The van der Waals surface area contributed by atoms with Crippen LogP contribution in [0, 0.1) is 6.92 Å². The molecule has 1 heterocycles. The Bertz CT molecular complexity index is 575. The molecule has 0 fully saturated rings. The molecule has 17 heavy (non-hydrogen) atoms. The molecule has 2 aromatic carbocycles. The minimum Gasteiger partial charge on any atom is -0.304 e. The van der Waals surface area contributed by atoms with E-state index >= 15 is 0 Å². The minimum atomic E-state index is 0.115. The number of benzene rings is 2. The number of hydrogen-bond donors (Lipinski definition) is 0. The highest BCUT2D eigenvalue weighted by molar-refractivity contribution is 6.10. The third kappa shape index (κ3) is 1.53. The van der Waals surface area contributed by atoms with Crippen LogP contribution < -0.4 is 4.90 Å². The number of carbonyl (C=O) groups excluding carboxylic acids is 1. The molecule has 3 rings (SSSR count). The van der Waals surface area contributed by atoms with Gasteiger partial charge in [-0.15, -0.1) is 0 Å². The van der Waals surface area contributed by atoms with Crippen LogP contribution in [0.25, 0.3) is 0 Å². The minimum absolute atomic E-state index is 0.115. The molecule has 0 atom stereocenters. The Balaban J connectivity index is 2.06. The number of nitrogens with zero attached hydrogens (tertiary/aromatic N) is 1. The summed E-state index contributed by atoms with van der Waals surface area (Å²) < 4.78 is 0. The Kier molecular flexibility index (Phi) is 2.22. The Morgan fingerprint density at radius 2 is 1.76 bits per heavy atom. The van der Waals surface area contributed by atoms with E-state index in [9.17, 15) is 4.79 Å². The largest absolute Gasteiger partial charge is 0.304 e. The second kappa shape index (κ2) is 3.74. The first-order valence-electron chi connectivity index (χ1n) is 5.73. The van der Waals surface area contributed by atoms with Gasteiger partial charge in [0.05, 0.1) is 6.54 Å². The van der Waals surface area contributed by atoms with Crippen LogP contribution in [0.4, 0.5) is 5.69 Å².